The van der Waals surface area contributed by atoms with Gasteiger partial charge in [0.2, 0.25) is 5.91 Å². The number of hydrogen-bond donors (Lipinski definition) is 2. The van der Waals surface area contributed by atoms with Crippen molar-refractivity contribution in [2.75, 3.05) is 11.1 Å². The summed E-state index contributed by atoms with van der Waals surface area (Å²) in [7, 11) is 1.82. The number of amides is 2. The summed E-state index contributed by atoms with van der Waals surface area (Å²) in [4.78, 5) is 24.5. The van der Waals surface area contributed by atoms with E-state index in [1.165, 1.54) is 11.8 Å². The lowest BCUT2D eigenvalue weighted by molar-refractivity contribution is -0.113. The molecule has 0 atom stereocenters. The van der Waals surface area contributed by atoms with Gasteiger partial charge in [-0.1, -0.05) is 29.5 Å². The number of hydrogen-bond acceptors (Lipinski definition) is 5. The molecule has 2 N–H and O–H groups in total. The van der Waals surface area contributed by atoms with Crippen molar-refractivity contribution >= 4 is 51.9 Å². The molecule has 0 spiro atoms. The summed E-state index contributed by atoms with van der Waals surface area (Å²) in [6.45, 7) is 4.19. The van der Waals surface area contributed by atoms with Crippen molar-refractivity contribution in [1.82, 2.24) is 20.1 Å². The largest absolute Gasteiger partial charge is 0.345 e. The predicted octanol–water partition coefficient (Wildman–Crippen LogP) is 3.70. The first kappa shape index (κ1) is 22.3. The molecule has 7 nitrogen and oxygen atoms in total. The van der Waals surface area contributed by atoms with Gasteiger partial charge in [0.25, 0.3) is 5.91 Å². The van der Waals surface area contributed by atoms with Gasteiger partial charge in [0.05, 0.1) is 12.3 Å². The Morgan fingerprint density at radius 3 is 2.53 bits per heavy atom. The van der Waals surface area contributed by atoms with E-state index < -0.39 is 0 Å². The Kier molecular flexibility index (Phi) is 7.48. The third kappa shape index (κ3) is 5.82. The van der Waals surface area contributed by atoms with Crippen LogP contribution in [-0.2, 0) is 18.4 Å². The summed E-state index contributed by atoms with van der Waals surface area (Å²) < 4.78 is 2.90. The number of anilines is 1. The van der Waals surface area contributed by atoms with E-state index in [1.54, 1.807) is 16.7 Å². The van der Waals surface area contributed by atoms with Crippen LogP contribution in [0, 0.1) is 17.4 Å². The van der Waals surface area contributed by atoms with E-state index in [0.717, 1.165) is 20.4 Å². The second-order valence-electron chi connectivity index (χ2n) is 6.80. The number of thioether (sulfide) groups is 1. The van der Waals surface area contributed by atoms with Gasteiger partial charge < -0.3 is 15.2 Å². The lowest BCUT2D eigenvalue weighted by Gasteiger charge is -2.09. The smallest absolute Gasteiger partial charge is 0.251 e. The molecule has 2 aromatic carbocycles. The van der Waals surface area contributed by atoms with Crippen LogP contribution in [0.2, 0.25) is 0 Å². The van der Waals surface area contributed by atoms with Gasteiger partial charge in [0.15, 0.2) is 11.0 Å². The summed E-state index contributed by atoms with van der Waals surface area (Å²) in [6.07, 6.45) is 0. The molecule has 1 heterocycles. The minimum absolute atomic E-state index is 0.110. The molecule has 0 saturated carbocycles. The maximum absolute atomic E-state index is 12.3. The van der Waals surface area contributed by atoms with Crippen molar-refractivity contribution in [3.05, 3.63) is 68.5 Å². The monoisotopic (exact) mass is 535 g/mol. The Bertz CT molecular complexity index is 1070. The van der Waals surface area contributed by atoms with Crippen LogP contribution >= 0.6 is 34.4 Å². The van der Waals surface area contributed by atoms with Gasteiger partial charge in [-0.15, -0.1) is 10.2 Å². The van der Waals surface area contributed by atoms with Crippen LogP contribution in [-0.4, -0.2) is 32.3 Å². The summed E-state index contributed by atoms with van der Waals surface area (Å²) >= 11 is 3.54. The van der Waals surface area contributed by atoms with Crippen molar-refractivity contribution in [3.63, 3.8) is 0 Å². The van der Waals surface area contributed by atoms with Crippen LogP contribution in [0.25, 0.3) is 0 Å². The van der Waals surface area contributed by atoms with Gasteiger partial charge in [-0.3, -0.25) is 9.59 Å². The summed E-state index contributed by atoms with van der Waals surface area (Å²) in [5.74, 6) is 0.556. The highest BCUT2D eigenvalue weighted by Gasteiger charge is 2.13. The molecule has 1 aromatic heterocycles. The fourth-order valence-electron chi connectivity index (χ4n) is 2.67. The van der Waals surface area contributed by atoms with Crippen molar-refractivity contribution in [2.24, 2.45) is 7.05 Å². The van der Waals surface area contributed by atoms with Gasteiger partial charge in [-0.05, 0) is 72.3 Å². The van der Waals surface area contributed by atoms with E-state index in [-0.39, 0.29) is 24.1 Å². The number of rotatable bonds is 7. The Morgan fingerprint density at radius 2 is 1.83 bits per heavy atom. The lowest BCUT2D eigenvalue weighted by Crippen LogP contribution is -2.24. The molecule has 30 heavy (non-hydrogen) atoms. The number of aryl methyl sites for hydroxylation is 2. The third-order valence-electron chi connectivity index (χ3n) is 4.44. The van der Waals surface area contributed by atoms with Gasteiger partial charge in [0, 0.05) is 21.9 Å². The molecular weight excluding hydrogens is 513 g/mol. The number of nitrogens with one attached hydrogen (secondary N) is 2. The molecule has 0 aliphatic heterocycles. The van der Waals surface area contributed by atoms with Crippen molar-refractivity contribution in [1.29, 1.82) is 0 Å². The maximum Gasteiger partial charge on any atom is 0.251 e. The van der Waals surface area contributed by atoms with Crippen LogP contribution in [0.1, 0.15) is 27.3 Å². The first-order valence-electron chi connectivity index (χ1n) is 9.25. The SMILES string of the molecule is Cc1ccc(C(=O)NCc2nnc(SCC(=O)Nc3ccc(I)cc3C)n2C)cc1. The second kappa shape index (κ2) is 10.1. The van der Waals surface area contributed by atoms with Gasteiger partial charge in [-0.25, -0.2) is 0 Å². The zero-order chi connectivity index (χ0) is 21.7. The van der Waals surface area contributed by atoms with Crippen LogP contribution in [0.15, 0.2) is 47.6 Å². The summed E-state index contributed by atoms with van der Waals surface area (Å²) in [6, 6.07) is 13.2. The first-order chi connectivity index (χ1) is 14.3. The molecule has 0 aliphatic rings. The second-order valence-corrected chi connectivity index (χ2v) is 8.99. The molecule has 9 heteroatoms. The fraction of sp³-hybridized carbons (Fsp3) is 0.238. The number of benzene rings is 2. The highest BCUT2D eigenvalue weighted by molar-refractivity contribution is 14.1. The lowest BCUT2D eigenvalue weighted by atomic mass is 10.1. The standard InChI is InChI=1S/C21H22IN5O2S/c1-13-4-6-15(7-5-13)20(29)23-11-18-25-26-21(27(18)3)30-12-19(28)24-17-9-8-16(22)10-14(17)2/h4-10H,11-12H2,1-3H3,(H,23,29)(H,24,28). The van der Waals surface area contributed by atoms with Crippen molar-refractivity contribution in [2.45, 2.75) is 25.5 Å². The third-order valence-corrected chi connectivity index (χ3v) is 6.13. The zero-order valence-corrected chi connectivity index (χ0v) is 19.9. The molecule has 0 fully saturated rings. The summed E-state index contributed by atoms with van der Waals surface area (Å²) in [5, 5.41) is 14.6. The fourth-order valence-corrected chi connectivity index (χ4v) is 4.05. The topological polar surface area (TPSA) is 88.9 Å². The number of carbonyl (C=O) groups is 2. The molecule has 156 valence electrons. The molecule has 0 unspecified atom stereocenters. The Morgan fingerprint density at radius 1 is 1.10 bits per heavy atom. The molecule has 0 bridgehead atoms. The highest BCUT2D eigenvalue weighted by Crippen LogP contribution is 2.20. The minimum atomic E-state index is -0.167. The highest BCUT2D eigenvalue weighted by atomic mass is 127. The van der Waals surface area contributed by atoms with E-state index >= 15 is 0 Å². The minimum Gasteiger partial charge on any atom is -0.345 e. The number of nitrogens with zero attached hydrogens (tertiary/aromatic N) is 3. The Hall–Kier alpha value is -2.40. The van der Waals surface area contributed by atoms with Crippen molar-refractivity contribution < 1.29 is 9.59 Å². The Labute approximate surface area is 193 Å². The molecule has 0 saturated heterocycles. The molecule has 3 aromatic rings. The number of aromatic nitrogens is 3. The van der Waals surface area contributed by atoms with E-state index in [4.69, 9.17) is 0 Å². The van der Waals surface area contributed by atoms with Crippen LogP contribution in [0.4, 0.5) is 5.69 Å². The molecule has 2 amide bonds. The van der Waals surface area contributed by atoms with Gasteiger partial charge in [-0.2, -0.15) is 0 Å². The summed E-state index contributed by atoms with van der Waals surface area (Å²) in [5.41, 5.74) is 3.52. The molecule has 3 rings (SSSR count). The molecular formula is C21H22IN5O2S. The van der Waals surface area contributed by atoms with Crippen LogP contribution in [0.3, 0.4) is 0 Å². The number of halogens is 1. The van der Waals surface area contributed by atoms with E-state index in [0.29, 0.717) is 16.5 Å². The van der Waals surface area contributed by atoms with E-state index in [9.17, 15) is 9.59 Å². The zero-order valence-electron chi connectivity index (χ0n) is 16.9. The average molecular weight is 535 g/mol. The number of carbonyl (C=O) groups excluding carboxylic acids is 2. The van der Waals surface area contributed by atoms with Crippen LogP contribution in [0.5, 0.6) is 0 Å². The molecule has 0 aliphatic carbocycles. The van der Waals surface area contributed by atoms with E-state index in [1.807, 2.05) is 51.2 Å². The van der Waals surface area contributed by atoms with Crippen molar-refractivity contribution in [3.8, 4) is 0 Å². The van der Waals surface area contributed by atoms with Gasteiger partial charge >= 0.3 is 0 Å². The average Bonchev–Trinajstić information content (AvgIpc) is 3.07. The maximum atomic E-state index is 12.3. The normalized spacial score (nSPS) is 10.7. The first-order valence-corrected chi connectivity index (χ1v) is 11.3. The quantitative estimate of drug-likeness (QED) is 0.356. The van der Waals surface area contributed by atoms with E-state index in [2.05, 4.69) is 43.4 Å². The van der Waals surface area contributed by atoms with Gasteiger partial charge in [0.1, 0.15) is 0 Å². The predicted molar refractivity (Wildman–Crippen MR) is 127 cm³/mol. The Balaban J connectivity index is 1.52. The molecule has 0 radical (unpaired) electrons. The van der Waals surface area contributed by atoms with Crippen LogP contribution < -0.4 is 10.6 Å².